The minimum atomic E-state index is -1.00. The zero-order valence-corrected chi connectivity index (χ0v) is 10.8. The van der Waals surface area contributed by atoms with Crippen molar-refractivity contribution in [2.45, 2.75) is 5.03 Å². The first kappa shape index (κ1) is 12.5. The van der Waals surface area contributed by atoms with Gasteiger partial charge in [-0.1, -0.05) is 0 Å². The maximum absolute atomic E-state index is 11.2. The van der Waals surface area contributed by atoms with Crippen molar-refractivity contribution in [2.24, 2.45) is 0 Å². The van der Waals surface area contributed by atoms with Gasteiger partial charge in [-0.25, -0.2) is 9.48 Å². The number of thioether (sulfide) groups is 1. The second-order valence-corrected chi connectivity index (χ2v) is 4.31. The summed E-state index contributed by atoms with van der Waals surface area (Å²) >= 11 is 1.40. The van der Waals surface area contributed by atoms with Gasteiger partial charge in [-0.3, -0.25) is 0 Å². The van der Waals surface area contributed by atoms with Crippen LogP contribution in [0.1, 0.15) is 10.5 Å². The third kappa shape index (κ3) is 2.33. The highest BCUT2D eigenvalue weighted by Gasteiger charge is 2.15. The Bertz CT molecular complexity index is 563. The van der Waals surface area contributed by atoms with E-state index in [-0.39, 0.29) is 5.69 Å². The topological polar surface area (TPSA) is 64.4 Å². The molecule has 1 aromatic heterocycles. The van der Waals surface area contributed by atoms with Crippen LogP contribution in [0, 0.1) is 0 Å². The van der Waals surface area contributed by atoms with Crippen molar-refractivity contribution in [3.8, 4) is 11.4 Å². The van der Waals surface area contributed by atoms with Crippen LogP contribution < -0.4 is 4.74 Å². The second-order valence-electron chi connectivity index (χ2n) is 3.49. The average molecular weight is 264 g/mol. The van der Waals surface area contributed by atoms with Gasteiger partial charge < -0.3 is 9.84 Å². The van der Waals surface area contributed by atoms with Crippen molar-refractivity contribution < 1.29 is 14.6 Å². The molecule has 0 saturated heterocycles. The number of ether oxygens (including phenoxy) is 1. The number of aromatic carboxylic acids is 1. The molecule has 0 fully saturated rings. The number of aromatic nitrogens is 2. The van der Waals surface area contributed by atoms with Crippen LogP contribution in [0.4, 0.5) is 0 Å². The molecule has 0 aliphatic carbocycles. The molecule has 0 unspecified atom stereocenters. The molecular weight excluding hydrogens is 252 g/mol. The maximum atomic E-state index is 11.2. The summed E-state index contributed by atoms with van der Waals surface area (Å²) in [5.41, 5.74) is 0.831. The molecule has 94 valence electrons. The van der Waals surface area contributed by atoms with E-state index in [2.05, 4.69) is 5.10 Å². The van der Waals surface area contributed by atoms with Crippen molar-refractivity contribution in [2.75, 3.05) is 13.4 Å². The Morgan fingerprint density at radius 3 is 2.56 bits per heavy atom. The van der Waals surface area contributed by atoms with Crippen molar-refractivity contribution in [1.82, 2.24) is 9.78 Å². The Hall–Kier alpha value is -1.95. The van der Waals surface area contributed by atoms with Crippen LogP contribution in [0.25, 0.3) is 5.69 Å². The summed E-state index contributed by atoms with van der Waals surface area (Å²) in [6, 6.07) is 8.62. The Kier molecular flexibility index (Phi) is 3.57. The van der Waals surface area contributed by atoms with Crippen LogP contribution in [0.15, 0.2) is 35.4 Å². The summed E-state index contributed by atoms with van der Waals surface area (Å²) in [6.45, 7) is 0. The Labute approximate surface area is 108 Å². The maximum Gasteiger partial charge on any atom is 0.354 e. The van der Waals surface area contributed by atoms with Crippen LogP contribution in [0.5, 0.6) is 5.75 Å². The first-order valence-electron chi connectivity index (χ1n) is 5.17. The lowest BCUT2D eigenvalue weighted by molar-refractivity contribution is 0.0687. The summed E-state index contributed by atoms with van der Waals surface area (Å²) in [5.74, 6) is -0.286. The summed E-state index contributed by atoms with van der Waals surface area (Å²) in [6.07, 6.45) is 1.85. The van der Waals surface area contributed by atoms with Crippen molar-refractivity contribution in [1.29, 1.82) is 0 Å². The predicted octanol–water partition coefficient (Wildman–Crippen LogP) is 2.30. The molecule has 0 spiro atoms. The Balaban J connectivity index is 2.47. The molecule has 0 atom stereocenters. The molecule has 1 heterocycles. The van der Waals surface area contributed by atoms with Gasteiger partial charge in [0.15, 0.2) is 5.69 Å². The number of carbonyl (C=O) groups is 1. The van der Waals surface area contributed by atoms with Gasteiger partial charge in [0.25, 0.3) is 0 Å². The number of methoxy groups -OCH3 is 1. The van der Waals surface area contributed by atoms with Crippen molar-refractivity contribution in [3.63, 3.8) is 0 Å². The molecule has 18 heavy (non-hydrogen) atoms. The fourth-order valence-corrected chi connectivity index (χ4v) is 1.92. The summed E-state index contributed by atoms with van der Waals surface area (Å²) < 4.78 is 6.47. The summed E-state index contributed by atoms with van der Waals surface area (Å²) in [5, 5.41) is 14.0. The first-order chi connectivity index (χ1) is 8.65. The molecule has 1 N–H and O–H groups in total. The second kappa shape index (κ2) is 5.14. The van der Waals surface area contributed by atoms with Gasteiger partial charge >= 0.3 is 5.97 Å². The van der Waals surface area contributed by atoms with Crippen molar-refractivity contribution >= 4 is 17.7 Å². The van der Waals surface area contributed by atoms with E-state index >= 15 is 0 Å². The van der Waals surface area contributed by atoms with E-state index < -0.39 is 5.97 Å². The molecular formula is C12H12N2O3S. The fraction of sp³-hybridized carbons (Fsp3) is 0.167. The predicted molar refractivity (Wildman–Crippen MR) is 68.9 cm³/mol. The number of carboxylic acid groups (broad SMARTS) is 1. The third-order valence-electron chi connectivity index (χ3n) is 2.43. The molecule has 1 aromatic carbocycles. The third-order valence-corrected chi connectivity index (χ3v) is 3.05. The van der Waals surface area contributed by atoms with Gasteiger partial charge in [-0.2, -0.15) is 5.10 Å². The minimum Gasteiger partial charge on any atom is -0.497 e. The molecule has 0 radical (unpaired) electrons. The monoisotopic (exact) mass is 264 g/mol. The number of hydrogen-bond acceptors (Lipinski definition) is 4. The molecule has 2 aromatic rings. The van der Waals surface area contributed by atoms with E-state index in [1.165, 1.54) is 16.4 Å². The lowest BCUT2D eigenvalue weighted by atomic mass is 10.3. The lowest BCUT2D eigenvalue weighted by Crippen LogP contribution is -2.07. The normalized spacial score (nSPS) is 10.3. The highest BCUT2D eigenvalue weighted by atomic mass is 32.2. The number of carboxylic acids is 1. The minimum absolute atomic E-state index is 0.143. The Morgan fingerprint density at radius 1 is 1.39 bits per heavy atom. The number of benzene rings is 1. The highest BCUT2D eigenvalue weighted by molar-refractivity contribution is 7.98. The van der Waals surface area contributed by atoms with Crippen LogP contribution in [0.2, 0.25) is 0 Å². The summed E-state index contributed by atoms with van der Waals surface area (Å²) in [4.78, 5) is 11.2. The largest absolute Gasteiger partial charge is 0.497 e. The van der Waals surface area contributed by atoms with E-state index in [9.17, 15) is 4.79 Å². The molecule has 0 aliphatic heterocycles. The highest BCUT2D eigenvalue weighted by Crippen LogP contribution is 2.20. The zero-order valence-electron chi connectivity index (χ0n) is 9.95. The SMILES string of the molecule is COc1ccc(-n2nc(SC)cc2C(=O)O)cc1. The van der Waals surface area contributed by atoms with Gasteiger partial charge in [0.2, 0.25) is 0 Å². The van der Waals surface area contributed by atoms with Crippen LogP contribution in [-0.4, -0.2) is 34.2 Å². The number of nitrogens with zero attached hydrogens (tertiary/aromatic N) is 2. The Morgan fingerprint density at radius 2 is 2.06 bits per heavy atom. The average Bonchev–Trinajstić information content (AvgIpc) is 2.83. The quantitative estimate of drug-likeness (QED) is 0.858. The smallest absolute Gasteiger partial charge is 0.354 e. The molecule has 0 saturated carbocycles. The van der Waals surface area contributed by atoms with Crippen molar-refractivity contribution in [3.05, 3.63) is 36.0 Å². The van der Waals surface area contributed by atoms with Gasteiger partial charge in [-0.15, -0.1) is 11.8 Å². The first-order valence-corrected chi connectivity index (χ1v) is 6.40. The number of hydrogen-bond donors (Lipinski definition) is 1. The van der Waals surface area contributed by atoms with Gasteiger partial charge in [0.05, 0.1) is 12.8 Å². The van der Waals surface area contributed by atoms with E-state index in [0.29, 0.717) is 16.5 Å². The van der Waals surface area contributed by atoms with Crippen LogP contribution >= 0.6 is 11.8 Å². The molecule has 0 aliphatic rings. The lowest BCUT2D eigenvalue weighted by Gasteiger charge is -2.05. The van der Waals surface area contributed by atoms with Gasteiger partial charge in [0, 0.05) is 6.07 Å². The van der Waals surface area contributed by atoms with E-state index in [4.69, 9.17) is 9.84 Å². The number of rotatable bonds is 4. The standard InChI is InChI=1S/C12H12N2O3S/c1-17-9-5-3-8(4-6-9)14-10(12(15)16)7-11(13-14)18-2/h3-7H,1-2H3,(H,15,16). The van der Waals surface area contributed by atoms with E-state index in [1.807, 2.05) is 6.26 Å². The molecule has 0 amide bonds. The molecule has 0 bridgehead atoms. The molecule has 5 nitrogen and oxygen atoms in total. The van der Waals surface area contributed by atoms with Crippen LogP contribution in [-0.2, 0) is 0 Å². The van der Waals surface area contributed by atoms with Crippen LogP contribution in [0.3, 0.4) is 0 Å². The van der Waals surface area contributed by atoms with E-state index in [0.717, 1.165) is 0 Å². The van der Waals surface area contributed by atoms with Gasteiger partial charge in [0.1, 0.15) is 10.8 Å². The summed E-state index contributed by atoms with van der Waals surface area (Å²) in [7, 11) is 1.58. The zero-order chi connectivity index (χ0) is 13.1. The molecule has 6 heteroatoms. The van der Waals surface area contributed by atoms with E-state index in [1.54, 1.807) is 37.4 Å². The fourth-order valence-electron chi connectivity index (χ4n) is 1.53. The molecule has 2 rings (SSSR count). The van der Waals surface area contributed by atoms with Gasteiger partial charge in [-0.05, 0) is 30.5 Å².